The van der Waals surface area contributed by atoms with E-state index in [1.807, 2.05) is 48.5 Å². The van der Waals surface area contributed by atoms with Crippen LogP contribution in [0.1, 0.15) is 386 Å². The number of alkyl halides is 1. The summed E-state index contributed by atoms with van der Waals surface area (Å²) >= 11 is 3.42. The molecule has 42 atom stereocenters. The van der Waals surface area contributed by atoms with Gasteiger partial charge in [-0.1, -0.05) is 50.5 Å². The topological polar surface area (TPSA) is 193 Å². The average molecular weight is 1680 g/mol. The molecule has 0 spiro atoms. The summed E-state index contributed by atoms with van der Waals surface area (Å²) in [4.78, 5) is 36.7. The van der Waals surface area contributed by atoms with Crippen molar-refractivity contribution in [2.24, 2.45) is 205 Å². The van der Waals surface area contributed by atoms with Crippen LogP contribution in [-0.2, 0) is 14.4 Å². The largest absolute Gasteiger partial charge is 0.393 e. The number of carbonyl (C=O) groups is 3. The van der Waals surface area contributed by atoms with Crippen LogP contribution < -0.4 is 0 Å². The second-order valence-electron chi connectivity index (χ2n) is 50.2. The van der Waals surface area contributed by atoms with E-state index in [0.29, 0.717) is 73.9 Å². The fourth-order valence-corrected chi connectivity index (χ4v) is 39.4. The van der Waals surface area contributed by atoms with Gasteiger partial charge in [0.15, 0.2) is 0 Å². The second kappa shape index (κ2) is 33.1. The van der Waals surface area contributed by atoms with Crippen molar-refractivity contribution in [2.45, 2.75) is 426 Å². The Morgan fingerprint density at radius 1 is 0.267 bits per heavy atom. The second-order valence-corrected chi connectivity index (χ2v) is 50.7. The molecule has 20 saturated carbocycles. The minimum Gasteiger partial charge on any atom is -0.393 e. The predicted molar refractivity (Wildman–Crippen MR) is 470 cm³/mol. The first kappa shape index (κ1) is 88.6. The van der Waals surface area contributed by atoms with Gasteiger partial charge >= 0.3 is 0 Å². The Balaban J connectivity index is 0.000000109. The van der Waals surface area contributed by atoms with E-state index in [1.54, 1.807) is 0 Å². The predicted octanol–water partition coefficient (Wildman–Crippen LogP) is 22.9. The first-order valence-electron chi connectivity index (χ1n) is 50.7. The number of carbonyl (C=O) groups excluding carboxylic acids is 3. The van der Waals surface area contributed by atoms with Crippen molar-refractivity contribution in [1.82, 2.24) is 0 Å². The van der Waals surface area contributed by atoms with E-state index in [4.69, 9.17) is 0 Å². The molecule has 10 nitrogen and oxygen atoms in total. The number of hydrogen-bond donors (Lipinski definition) is 7. The molecular weight excluding hydrogens is 1500 g/mol. The Hall–Kier alpha value is -0.790. The molecule has 20 fully saturated rings. The number of Topliss-reactive ketones (excluding diaryl/α,β-unsaturated/α-hetero) is 3. The van der Waals surface area contributed by atoms with E-state index < -0.39 is 28.0 Å². The van der Waals surface area contributed by atoms with E-state index in [1.165, 1.54) is 205 Å². The van der Waals surface area contributed by atoms with Crippen LogP contribution >= 0.6 is 15.9 Å². The van der Waals surface area contributed by atoms with Crippen LogP contribution in [0.3, 0.4) is 0 Å². The van der Waals surface area contributed by atoms with Gasteiger partial charge in [0.2, 0.25) is 0 Å². The van der Waals surface area contributed by atoms with Crippen LogP contribution in [0.2, 0.25) is 0 Å². The normalized spacial score (nSPS) is 55.9. The SMILES string of the molecule is CC(=O)[C@H]1CC[C@H]2[C@@H]3CC[C@H]4C[C@@](C)(O)CC[C@@H]4[C@H]3CC[C@]12C.CC(=O)[C@H]1CC[C@H]2[C@@H]3CC[C@H]4C[C@](C)(O)CC[C@@H]4[C@H]3CC[C@]12C.CC(O)[C@H]1CC[C@H]2[C@@H]3CC[C@H]4C[C@](C)(O)CC[C@@H]4[C@H]3CC[C@]12C.CC(O)[C@H]1CC[C@H]2[C@@H]3CC[C@H]4C[C@](C)(O)CC[C@@H]4[C@H]3CC[C@]12C.C[C@]1(O)CC[C@H]2[C@@H](CC[C@@H]3[C@@H]2CC[C@]2(C)[C@@H](C(=O)CBr)CC[C@@H]32)C1. The Kier molecular flexibility index (Phi) is 25.3. The molecule has 116 heavy (non-hydrogen) atoms. The summed E-state index contributed by atoms with van der Waals surface area (Å²) in [5.41, 5.74) is -0.417. The van der Waals surface area contributed by atoms with E-state index in [9.17, 15) is 50.1 Å². The van der Waals surface area contributed by atoms with Crippen LogP contribution in [0, 0.1) is 205 Å². The maximum Gasteiger partial charge on any atom is 0.147 e. The van der Waals surface area contributed by atoms with Gasteiger partial charge in [0, 0.05) is 17.8 Å². The van der Waals surface area contributed by atoms with Crippen molar-refractivity contribution in [3.63, 3.8) is 0 Å². The number of rotatable bonds is 6. The molecule has 0 amide bonds. The number of fused-ring (bicyclic) bond motifs is 25. The standard InChI is InChI=1S/C21H33BrO2.2C21H36O2.2C21H34O2/c1-20(24)9-7-14-13(11-20)3-4-16-15(14)8-10-21(2)17(16)5-6-18(21)19(23)12-22;4*1-13(22)18-6-7-19-17-5-4-14-12-20(2,23)10-8-15(14)16(17)9-11-21(18,19)3/h13-18,24H,3-12H2,1-2H3;2*13-19,22-23H,4-12H2,1-3H3;2*14-19,23H,4-12H2,1-3H3/t13-,14-,15+,16+,17-,18+,20-,21-;2*13?,14-,15-,16+,17+,18+,19-,20+,21+;14-,15-,16+,17+,18+,19-,20+,21+;14-,15-,16+,17+,18+,19-,20-,21+/m00000/s1. The zero-order valence-corrected chi connectivity index (χ0v) is 77.8. The first-order chi connectivity index (χ1) is 54.6. The van der Waals surface area contributed by atoms with Crippen LogP contribution in [0.5, 0.6) is 0 Å². The van der Waals surface area contributed by atoms with Gasteiger partial charge in [-0.3, -0.25) is 14.4 Å². The van der Waals surface area contributed by atoms with E-state index in [2.05, 4.69) is 64.4 Å². The molecule has 0 aliphatic heterocycles. The Morgan fingerprint density at radius 2 is 0.474 bits per heavy atom. The zero-order valence-electron chi connectivity index (χ0n) is 76.2. The molecule has 20 aliphatic carbocycles. The third kappa shape index (κ3) is 16.2. The molecule has 0 saturated heterocycles. The Labute approximate surface area is 715 Å². The summed E-state index contributed by atoms with van der Waals surface area (Å²) in [6, 6.07) is 0. The first-order valence-corrected chi connectivity index (χ1v) is 51.8. The number of halogens is 1. The fraction of sp³-hybridized carbons (Fsp3) is 0.971. The molecule has 0 bridgehead atoms. The van der Waals surface area contributed by atoms with Crippen molar-refractivity contribution in [1.29, 1.82) is 0 Å². The molecule has 0 aromatic rings. The lowest BCUT2D eigenvalue weighted by molar-refractivity contribution is -0.130. The van der Waals surface area contributed by atoms with Crippen molar-refractivity contribution in [3.05, 3.63) is 0 Å². The van der Waals surface area contributed by atoms with Gasteiger partial charge in [0.1, 0.15) is 17.3 Å². The summed E-state index contributed by atoms with van der Waals surface area (Å²) in [6.07, 6.45) is 55.2. The van der Waals surface area contributed by atoms with E-state index in [-0.39, 0.29) is 17.6 Å². The molecule has 7 N–H and O–H groups in total. The van der Waals surface area contributed by atoms with Gasteiger partial charge in [-0.2, -0.15) is 0 Å². The Morgan fingerprint density at radius 3 is 0.707 bits per heavy atom. The molecule has 0 radical (unpaired) electrons. The third-order valence-electron chi connectivity index (χ3n) is 44.0. The molecule has 2 unspecified atom stereocenters. The fourth-order valence-electron chi connectivity index (χ4n) is 39.0. The lowest BCUT2D eigenvalue weighted by atomic mass is 9.49. The molecule has 0 aromatic heterocycles. The number of aliphatic hydroxyl groups excluding tert-OH is 2. The molecule has 0 aromatic carbocycles. The summed E-state index contributed by atoms with van der Waals surface area (Å²) in [7, 11) is 0. The highest BCUT2D eigenvalue weighted by atomic mass is 79.9. The van der Waals surface area contributed by atoms with Crippen molar-refractivity contribution in [3.8, 4) is 0 Å². The van der Waals surface area contributed by atoms with Crippen LogP contribution in [-0.4, -0.2) is 98.6 Å². The molecule has 0 heterocycles. The Bertz CT molecular complexity index is 3270. The zero-order chi connectivity index (χ0) is 82.7. The monoisotopic (exact) mass is 1670 g/mol. The smallest absolute Gasteiger partial charge is 0.147 e. The van der Waals surface area contributed by atoms with Gasteiger partial charge in [0.05, 0.1) is 45.5 Å². The van der Waals surface area contributed by atoms with Gasteiger partial charge < -0.3 is 35.7 Å². The van der Waals surface area contributed by atoms with Crippen LogP contribution in [0.15, 0.2) is 0 Å². The van der Waals surface area contributed by atoms with Gasteiger partial charge in [-0.05, 0) is 538 Å². The number of hydrogen-bond acceptors (Lipinski definition) is 10. The average Bonchev–Trinajstić information content (AvgIpc) is 1.55. The lowest BCUT2D eigenvalue weighted by Crippen LogP contribution is -2.51. The van der Waals surface area contributed by atoms with Gasteiger partial charge in [-0.25, -0.2) is 0 Å². The van der Waals surface area contributed by atoms with Gasteiger partial charge in [0.25, 0.3) is 0 Å². The highest BCUT2D eigenvalue weighted by Gasteiger charge is 2.65. The minimum atomic E-state index is -0.419. The maximum atomic E-state index is 12.5. The van der Waals surface area contributed by atoms with E-state index in [0.717, 1.165) is 231 Å². The molecule has 20 rings (SSSR count). The molecule has 20 aliphatic rings. The third-order valence-corrected chi connectivity index (χ3v) is 44.6. The number of ketones is 3. The van der Waals surface area contributed by atoms with Crippen molar-refractivity contribution < 1.29 is 50.1 Å². The van der Waals surface area contributed by atoms with Crippen molar-refractivity contribution >= 4 is 33.3 Å². The van der Waals surface area contributed by atoms with Crippen LogP contribution in [0.25, 0.3) is 0 Å². The maximum absolute atomic E-state index is 12.5. The summed E-state index contributed by atoms with van der Waals surface area (Å²) in [5.74, 6) is 24.4. The molecule has 660 valence electrons. The highest BCUT2D eigenvalue weighted by molar-refractivity contribution is 9.09. The lowest BCUT2D eigenvalue weighted by Gasteiger charge is -2.57. The molecule has 11 heteroatoms. The van der Waals surface area contributed by atoms with E-state index >= 15 is 0 Å². The molecular formula is C105H173BrO10. The summed E-state index contributed by atoms with van der Waals surface area (Å²) in [6.45, 7) is 30.2. The number of aliphatic hydroxyl groups is 7. The highest BCUT2D eigenvalue weighted by Crippen LogP contribution is 2.72. The minimum absolute atomic E-state index is 0.136. The summed E-state index contributed by atoms with van der Waals surface area (Å²) in [5, 5.41) is 73.4. The van der Waals surface area contributed by atoms with Gasteiger partial charge in [-0.15, -0.1) is 0 Å². The summed E-state index contributed by atoms with van der Waals surface area (Å²) < 4.78 is 0. The van der Waals surface area contributed by atoms with Crippen LogP contribution in [0.4, 0.5) is 0 Å². The quantitative estimate of drug-likeness (QED) is 0.126. The van der Waals surface area contributed by atoms with Crippen molar-refractivity contribution in [2.75, 3.05) is 5.33 Å².